The summed E-state index contributed by atoms with van der Waals surface area (Å²) in [7, 11) is 0. The van der Waals surface area contributed by atoms with Gasteiger partial charge in [-0.3, -0.25) is 4.57 Å². The van der Waals surface area contributed by atoms with Crippen molar-refractivity contribution in [1.29, 1.82) is 0 Å². The van der Waals surface area contributed by atoms with E-state index in [1.165, 1.54) is 13.0 Å². The average molecular weight is 698 g/mol. The number of hydrogen-bond acceptors (Lipinski definition) is 12. The number of benzene rings is 4. The number of nitrogens with zero attached hydrogens (tertiary/aromatic N) is 5. The SMILES string of the molecule is CCOc1nc2cccc(C(=O)O)c2n1Cc1ccc(-c2ccccc2/C(N)=N/N(N)C(C)OC(=O)OCc2cccc(CO[N+](=O)[O-])c2)cc1. The summed E-state index contributed by atoms with van der Waals surface area (Å²) >= 11 is 0. The van der Waals surface area contributed by atoms with E-state index in [0.29, 0.717) is 46.9 Å². The number of imidazole rings is 1. The highest BCUT2D eigenvalue weighted by Gasteiger charge is 2.20. The standard InChI is InChI=1S/C35H35N7O9/c1-3-48-34-38-30-13-7-12-29(33(43)44)31(30)40(34)19-23-14-16-26(17-15-23)27-10-4-5-11-28(27)32(36)39-41(37)22(2)51-35(45)49-20-24-8-6-9-25(18-24)21-50-42(46)47/h4-18,22H,3,19-21,37H2,1-2H3,(H2,36,39)(H,43,44). The second-order valence-corrected chi connectivity index (χ2v) is 11.1. The lowest BCUT2D eigenvalue weighted by atomic mass is 9.98. The number of hydrogen-bond donors (Lipinski definition) is 3. The quantitative estimate of drug-likeness (QED) is 0.0248. The molecule has 5 N–H and O–H groups in total. The Labute approximate surface area is 291 Å². The fourth-order valence-corrected chi connectivity index (χ4v) is 5.22. The molecule has 1 heterocycles. The van der Waals surface area contributed by atoms with Gasteiger partial charge in [0.15, 0.2) is 5.84 Å². The Morgan fingerprint density at radius 2 is 1.67 bits per heavy atom. The summed E-state index contributed by atoms with van der Waals surface area (Å²) in [6.07, 6.45) is -2.08. The molecule has 5 aromatic rings. The molecule has 1 atom stereocenters. The molecule has 5 rings (SSSR count). The van der Waals surface area contributed by atoms with Gasteiger partial charge >= 0.3 is 12.1 Å². The number of ether oxygens (including phenoxy) is 3. The number of carbonyl (C=O) groups excluding carboxylic acids is 1. The van der Waals surface area contributed by atoms with E-state index < -0.39 is 23.4 Å². The molecule has 1 unspecified atom stereocenters. The number of carboxylic acid groups (broad SMARTS) is 1. The van der Waals surface area contributed by atoms with E-state index in [-0.39, 0.29) is 24.6 Å². The molecule has 0 aliphatic rings. The number of hydrazine groups is 1. The molecular weight excluding hydrogens is 662 g/mol. The summed E-state index contributed by atoms with van der Waals surface area (Å²) in [6.45, 7) is 3.60. The van der Waals surface area contributed by atoms with E-state index >= 15 is 0 Å². The molecule has 0 saturated carbocycles. The van der Waals surface area contributed by atoms with Crippen LogP contribution in [0.15, 0.2) is 96.1 Å². The van der Waals surface area contributed by atoms with E-state index in [1.807, 2.05) is 43.3 Å². The molecule has 0 amide bonds. The number of amidine groups is 1. The Morgan fingerprint density at radius 3 is 2.37 bits per heavy atom. The van der Waals surface area contributed by atoms with E-state index in [1.54, 1.807) is 53.1 Å². The molecule has 16 heteroatoms. The van der Waals surface area contributed by atoms with Gasteiger partial charge in [-0.1, -0.05) is 78.9 Å². The van der Waals surface area contributed by atoms with Crippen LogP contribution in [0.4, 0.5) is 4.79 Å². The number of para-hydroxylation sites is 1. The summed E-state index contributed by atoms with van der Waals surface area (Å²) in [6, 6.07) is 26.8. The Balaban J connectivity index is 1.26. The number of nitrogens with two attached hydrogens (primary N) is 2. The fraction of sp³-hybridized carbons (Fsp3) is 0.200. The van der Waals surface area contributed by atoms with Crippen molar-refractivity contribution < 1.29 is 38.8 Å². The second kappa shape index (κ2) is 16.1. The zero-order chi connectivity index (χ0) is 36.5. The zero-order valence-electron chi connectivity index (χ0n) is 27.7. The van der Waals surface area contributed by atoms with Crippen LogP contribution in [0.25, 0.3) is 22.2 Å². The Bertz CT molecular complexity index is 2060. The molecule has 1 aromatic heterocycles. The summed E-state index contributed by atoms with van der Waals surface area (Å²) in [5, 5.41) is 24.5. The lowest BCUT2D eigenvalue weighted by molar-refractivity contribution is -0.763. The van der Waals surface area contributed by atoms with Gasteiger partial charge in [0.25, 0.3) is 11.1 Å². The minimum atomic E-state index is -1.06. The topological polar surface area (TPSA) is 220 Å². The van der Waals surface area contributed by atoms with Gasteiger partial charge in [0.05, 0.1) is 29.7 Å². The van der Waals surface area contributed by atoms with Gasteiger partial charge < -0.3 is 29.9 Å². The molecule has 264 valence electrons. The van der Waals surface area contributed by atoms with Crippen molar-refractivity contribution in [2.75, 3.05) is 6.61 Å². The summed E-state index contributed by atoms with van der Waals surface area (Å²) in [5.74, 6) is 5.07. The number of aromatic carboxylic acids is 1. The predicted octanol–water partition coefficient (Wildman–Crippen LogP) is 5.05. The highest BCUT2D eigenvalue weighted by Crippen LogP contribution is 2.28. The number of fused-ring (bicyclic) bond motifs is 1. The Morgan fingerprint density at radius 1 is 0.980 bits per heavy atom. The molecule has 0 radical (unpaired) electrons. The zero-order valence-corrected chi connectivity index (χ0v) is 27.7. The van der Waals surface area contributed by atoms with Crippen molar-refractivity contribution >= 4 is 29.0 Å². The van der Waals surface area contributed by atoms with Crippen LogP contribution in [0.2, 0.25) is 0 Å². The lowest BCUT2D eigenvalue weighted by Crippen LogP contribution is -2.40. The second-order valence-electron chi connectivity index (χ2n) is 11.1. The first-order valence-corrected chi connectivity index (χ1v) is 15.6. The fourth-order valence-electron chi connectivity index (χ4n) is 5.22. The van der Waals surface area contributed by atoms with Crippen LogP contribution in [-0.2, 0) is 34.1 Å². The van der Waals surface area contributed by atoms with Crippen molar-refractivity contribution in [3.05, 3.63) is 129 Å². The van der Waals surface area contributed by atoms with Crippen molar-refractivity contribution in [3.8, 4) is 17.1 Å². The number of carboxylic acids is 1. The average Bonchev–Trinajstić information content (AvgIpc) is 3.46. The first-order chi connectivity index (χ1) is 24.5. The molecule has 0 bridgehead atoms. The van der Waals surface area contributed by atoms with Gasteiger partial charge in [0.1, 0.15) is 13.2 Å². The third-order valence-corrected chi connectivity index (χ3v) is 7.59. The van der Waals surface area contributed by atoms with Crippen molar-refractivity contribution in [3.63, 3.8) is 0 Å². The highest BCUT2D eigenvalue weighted by molar-refractivity contribution is 6.03. The van der Waals surface area contributed by atoms with Crippen LogP contribution in [0.3, 0.4) is 0 Å². The molecule has 0 fully saturated rings. The first kappa shape index (κ1) is 35.6. The van der Waals surface area contributed by atoms with E-state index in [0.717, 1.165) is 21.8 Å². The van der Waals surface area contributed by atoms with Crippen LogP contribution in [0, 0.1) is 10.1 Å². The maximum Gasteiger partial charge on any atom is 0.510 e. The number of aromatic nitrogens is 2. The van der Waals surface area contributed by atoms with Gasteiger partial charge in [-0.2, -0.15) is 10.1 Å². The van der Waals surface area contributed by atoms with Gasteiger partial charge in [-0.15, -0.1) is 15.2 Å². The molecular formula is C35H35N7O9. The van der Waals surface area contributed by atoms with Gasteiger partial charge in [-0.05, 0) is 53.8 Å². The summed E-state index contributed by atoms with van der Waals surface area (Å²) in [4.78, 5) is 43.7. The molecule has 0 spiro atoms. The number of rotatable bonds is 15. The van der Waals surface area contributed by atoms with E-state index in [2.05, 4.69) is 14.9 Å². The molecule has 0 aliphatic carbocycles. The third kappa shape index (κ3) is 8.87. The third-order valence-electron chi connectivity index (χ3n) is 7.59. The molecule has 16 nitrogen and oxygen atoms in total. The van der Waals surface area contributed by atoms with Gasteiger partial charge in [0, 0.05) is 5.56 Å². The number of hydrazone groups is 1. The van der Waals surface area contributed by atoms with Crippen LogP contribution in [0.1, 0.15) is 46.5 Å². The minimum absolute atomic E-state index is 0.0576. The van der Waals surface area contributed by atoms with Gasteiger partial charge in [0.2, 0.25) is 6.23 Å². The lowest BCUT2D eigenvalue weighted by Gasteiger charge is -2.21. The molecule has 0 saturated heterocycles. The van der Waals surface area contributed by atoms with Crippen LogP contribution in [-0.4, -0.2) is 55.7 Å². The molecule has 4 aromatic carbocycles. The summed E-state index contributed by atoms with van der Waals surface area (Å²) in [5.41, 5.74) is 11.6. The minimum Gasteiger partial charge on any atom is -0.478 e. The normalized spacial score (nSPS) is 11.9. The van der Waals surface area contributed by atoms with Gasteiger partial charge in [-0.25, -0.2) is 15.4 Å². The van der Waals surface area contributed by atoms with E-state index in [9.17, 15) is 24.8 Å². The smallest absolute Gasteiger partial charge is 0.478 e. The monoisotopic (exact) mass is 697 g/mol. The Hall–Kier alpha value is -6.68. The van der Waals surface area contributed by atoms with Crippen LogP contribution >= 0.6 is 0 Å². The maximum atomic E-state index is 12.4. The summed E-state index contributed by atoms with van der Waals surface area (Å²) < 4.78 is 17.9. The Kier molecular flexibility index (Phi) is 11.3. The molecule has 0 aliphatic heterocycles. The number of carbonyl (C=O) groups is 2. The van der Waals surface area contributed by atoms with Crippen LogP contribution in [0.5, 0.6) is 6.01 Å². The first-order valence-electron chi connectivity index (χ1n) is 15.6. The highest BCUT2D eigenvalue weighted by atomic mass is 16.9. The largest absolute Gasteiger partial charge is 0.510 e. The molecule has 51 heavy (non-hydrogen) atoms. The van der Waals surface area contributed by atoms with Crippen LogP contribution < -0.4 is 16.3 Å². The van der Waals surface area contributed by atoms with Crippen molar-refractivity contribution in [2.24, 2.45) is 16.7 Å². The van der Waals surface area contributed by atoms with Crippen molar-refractivity contribution in [1.82, 2.24) is 14.7 Å². The van der Waals surface area contributed by atoms with Crippen molar-refractivity contribution in [2.45, 2.75) is 39.8 Å². The predicted molar refractivity (Wildman–Crippen MR) is 185 cm³/mol. The maximum absolute atomic E-state index is 12.4. The van der Waals surface area contributed by atoms with E-state index in [4.69, 9.17) is 25.8 Å².